The summed E-state index contributed by atoms with van der Waals surface area (Å²) in [5.74, 6) is 0.998. The van der Waals surface area contributed by atoms with Crippen LogP contribution < -0.4 is 10.6 Å². The topological polar surface area (TPSA) is 108 Å². The Bertz CT molecular complexity index is 1340. The average Bonchev–Trinajstić information content (AvgIpc) is 3.10. The van der Waals surface area contributed by atoms with Crippen LogP contribution in [0.25, 0.3) is 11.0 Å². The van der Waals surface area contributed by atoms with Crippen molar-refractivity contribution in [2.45, 2.75) is 57.4 Å². The lowest BCUT2D eigenvalue weighted by Gasteiger charge is -2.48. The fourth-order valence-corrected chi connectivity index (χ4v) is 6.26. The van der Waals surface area contributed by atoms with Gasteiger partial charge in [-0.15, -0.1) is 0 Å². The number of piperidine rings is 1. The number of nitrogens with one attached hydrogen (secondary N) is 2. The zero-order chi connectivity index (χ0) is 27.0. The van der Waals surface area contributed by atoms with Crippen molar-refractivity contribution in [1.29, 1.82) is 0 Å². The predicted octanol–water partition coefficient (Wildman–Crippen LogP) is 3.99. The molecule has 0 unspecified atom stereocenters. The molecule has 0 radical (unpaired) electrons. The summed E-state index contributed by atoms with van der Waals surface area (Å²) in [6.07, 6.45) is 12.4. The third kappa shape index (κ3) is 5.09. The van der Waals surface area contributed by atoms with Crippen LogP contribution in [0, 0.1) is 5.41 Å². The lowest BCUT2D eigenvalue weighted by molar-refractivity contribution is 0.0414. The molecule has 1 spiro atoms. The summed E-state index contributed by atoms with van der Waals surface area (Å²) in [5, 5.41) is 7.42. The van der Waals surface area contributed by atoms with Gasteiger partial charge in [-0.05, 0) is 49.3 Å². The number of pyridine rings is 1. The van der Waals surface area contributed by atoms with Gasteiger partial charge < -0.3 is 25.0 Å². The van der Waals surface area contributed by atoms with Gasteiger partial charge in [0.25, 0.3) is 11.8 Å². The van der Waals surface area contributed by atoms with Crippen molar-refractivity contribution in [2.75, 3.05) is 45.6 Å². The lowest BCUT2D eigenvalue weighted by atomic mass is 9.73. The molecule has 6 rings (SSSR count). The first kappa shape index (κ1) is 25.7. The highest BCUT2D eigenvalue weighted by atomic mass is 16.2. The Labute approximate surface area is 229 Å². The van der Waals surface area contributed by atoms with E-state index in [-0.39, 0.29) is 17.9 Å². The van der Waals surface area contributed by atoms with E-state index in [9.17, 15) is 9.59 Å². The van der Waals surface area contributed by atoms with Crippen LogP contribution in [-0.2, 0) is 0 Å². The Morgan fingerprint density at radius 1 is 1.03 bits per heavy atom. The zero-order valence-electron chi connectivity index (χ0n) is 22.9. The number of hydrogen-bond donors (Lipinski definition) is 2. The molecule has 1 saturated carbocycles. The number of carbonyl (C=O) groups is 2. The van der Waals surface area contributed by atoms with E-state index in [2.05, 4.69) is 25.2 Å². The molecule has 0 bridgehead atoms. The lowest BCUT2D eigenvalue weighted by Crippen LogP contribution is -2.58. The standard InChI is InChI=1S/C29H38N8O2/c1-35(2)27(39)23-15-21-17-32-28(34-25(21)37(23)22-7-5-3-4-6-8-22)33-24-10-9-20(16-31-24)26(38)36-13-11-29(12-14-36)18-30-19-29/h9-10,15-17,22,30H,3-8,11-14,18-19H2,1-2H3,(H,31,32,33,34). The molecule has 3 aromatic rings. The fourth-order valence-electron chi connectivity index (χ4n) is 6.26. The summed E-state index contributed by atoms with van der Waals surface area (Å²) in [4.78, 5) is 43.5. The molecule has 1 aliphatic carbocycles. The van der Waals surface area contributed by atoms with E-state index >= 15 is 0 Å². The molecule has 10 nitrogen and oxygen atoms in total. The van der Waals surface area contributed by atoms with E-state index < -0.39 is 0 Å². The summed E-state index contributed by atoms with van der Waals surface area (Å²) < 4.78 is 2.13. The van der Waals surface area contributed by atoms with Crippen LogP contribution >= 0.6 is 0 Å². The number of anilines is 2. The van der Waals surface area contributed by atoms with Crippen LogP contribution in [0.2, 0.25) is 0 Å². The number of carbonyl (C=O) groups excluding carboxylic acids is 2. The third-order valence-corrected chi connectivity index (χ3v) is 8.75. The summed E-state index contributed by atoms with van der Waals surface area (Å²) in [6.45, 7) is 3.74. The van der Waals surface area contributed by atoms with E-state index in [0.29, 0.717) is 28.4 Å². The summed E-state index contributed by atoms with van der Waals surface area (Å²) in [7, 11) is 3.56. The molecule has 10 heteroatoms. The van der Waals surface area contributed by atoms with Gasteiger partial charge in [-0.3, -0.25) is 9.59 Å². The zero-order valence-corrected chi connectivity index (χ0v) is 22.9. The van der Waals surface area contributed by atoms with E-state index in [4.69, 9.17) is 4.98 Å². The van der Waals surface area contributed by atoms with Crippen molar-refractivity contribution in [3.63, 3.8) is 0 Å². The minimum absolute atomic E-state index is 0.0260. The van der Waals surface area contributed by atoms with Crippen LogP contribution in [0.3, 0.4) is 0 Å². The number of rotatable bonds is 5. The second-order valence-corrected chi connectivity index (χ2v) is 11.7. The van der Waals surface area contributed by atoms with Crippen molar-refractivity contribution in [1.82, 2.24) is 34.6 Å². The van der Waals surface area contributed by atoms with Crippen molar-refractivity contribution in [3.05, 3.63) is 41.9 Å². The molecule has 3 aromatic heterocycles. The van der Waals surface area contributed by atoms with Crippen molar-refractivity contribution in [3.8, 4) is 0 Å². The molecule has 2 N–H and O–H groups in total. The highest BCUT2D eigenvalue weighted by Crippen LogP contribution is 2.36. The molecule has 3 fully saturated rings. The van der Waals surface area contributed by atoms with Gasteiger partial charge in [-0.1, -0.05) is 25.7 Å². The third-order valence-electron chi connectivity index (χ3n) is 8.75. The molecular weight excluding hydrogens is 492 g/mol. The predicted molar refractivity (Wildman–Crippen MR) is 150 cm³/mol. The molecule has 2 amide bonds. The van der Waals surface area contributed by atoms with Crippen LogP contribution in [-0.4, -0.2) is 81.4 Å². The number of fused-ring (bicyclic) bond motifs is 1. The first-order chi connectivity index (χ1) is 18.9. The molecule has 206 valence electrons. The van der Waals surface area contributed by atoms with E-state index in [1.54, 1.807) is 37.5 Å². The first-order valence-corrected chi connectivity index (χ1v) is 14.3. The van der Waals surface area contributed by atoms with Crippen molar-refractivity contribution >= 4 is 34.6 Å². The number of nitrogens with zero attached hydrogens (tertiary/aromatic N) is 6. The maximum Gasteiger partial charge on any atom is 0.270 e. The second kappa shape index (κ2) is 10.6. The molecule has 2 saturated heterocycles. The van der Waals surface area contributed by atoms with E-state index in [1.807, 2.05) is 17.0 Å². The second-order valence-electron chi connectivity index (χ2n) is 11.7. The van der Waals surface area contributed by atoms with Gasteiger partial charge in [0.1, 0.15) is 17.2 Å². The average molecular weight is 531 g/mol. The van der Waals surface area contributed by atoms with E-state index in [1.165, 1.54) is 12.8 Å². The molecule has 3 aliphatic rings. The number of aromatic nitrogens is 4. The largest absolute Gasteiger partial charge is 0.343 e. The normalized spacial score (nSPS) is 19.5. The smallest absolute Gasteiger partial charge is 0.270 e. The summed E-state index contributed by atoms with van der Waals surface area (Å²) in [5.41, 5.74) is 2.42. The summed E-state index contributed by atoms with van der Waals surface area (Å²) >= 11 is 0. The van der Waals surface area contributed by atoms with Gasteiger partial charge in [-0.2, -0.15) is 4.98 Å². The van der Waals surface area contributed by atoms with Gasteiger partial charge >= 0.3 is 0 Å². The minimum atomic E-state index is -0.0260. The SMILES string of the molecule is CN(C)C(=O)c1cc2cnc(Nc3ccc(C(=O)N4CCC5(CC4)CNC5)cn3)nc2n1C1CCCCCC1. The highest BCUT2D eigenvalue weighted by Gasteiger charge is 2.40. The van der Waals surface area contributed by atoms with Gasteiger partial charge in [0.2, 0.25) is 5.95 Å². The van der Waals surface area contributed by atoms with Crippen molar-refractivity contribution in [2.24, 2.45) is 5.41 Å². The molecule has 0 aromatic carbocycles. The van der Waals surface area contributed by atoms with Crippen molar-refractivity contribution < 1.29 is 9.59 Å². The Hall–Kier alpha value is -3.53. The van der Waals surface area contributed by atoms with Gasteiger partial charge in [0, 0.05) is 64.1 Å². The molecular formula is C29H38N8O2. The maximum absolute atomic E-state index is 13.1. The Kier molecular flexibility index (Phi) is 6.97. The highest BCUT2D eigenvalue weighted by molar-refractivity contribution is 5.98. The van der Waals surface area contributed by atoms with Crippen LogP contribution in [0.4, 0.5) is 11.8 Å². The van der Waals surface area contributed by atoms with E-state index in [0.717, 1.165) is 75.7 Å². The quantitative estimate of drug-likeness (QED) is 0.480. The number of amides is 2. The van der Waals surface area contributed by atoms with Gasteiger partial charge in [0.05, 0.1) is 5.56 Å². The van der Waals surface area contributed by atoms with Crippen LogP contribution in [0.1, 0.15) is 78.3 Å². The number of likely N-dealkylation sites (tertiary alicyclic amines) is 1. The van der Waals surface area contributed by atoms with Gasteiger partial charge in [0.15, 0.2) is 0 Å². The Balaban J connectivity index is 1.21. The molecule has 0 atom stereocenters. The van der Waals surface area contributed by atoms with Crippen LogP contribution in [0.15, 0.2) is 30.6 Å². The number of hydrogen-bond acceptors (Lipinski definition) is 7. The fraction of sp³-hybridized carbons (Fsp3) is 0.552. The summed E-state index contributed by atoms with van der Waals surface area (Å²) in [6, 6.07) is 5.76. The van der Waals surface area contributed by atoms with Crippen LogP contribution in [0.5, 0.6) is 0 Å². The van der Waals surface area contributed by atoms with Gasteiger partial charge in [-0.25, -0.2) is 9.97 Å². The Morgan fingerprint density at radius 3 is 2.38 bits per heavy atom. The monoisotopic (exact) mass is 530 g/mol. The molecule has 5 heterocycles. The molecule has 39 heavy (non-hydrogen) atoms. The minimum Gasteiger partial charge on any atom is -0.343 e. The Morgan fingerprint density at radius 2 is 1.77 bits per heavy atom. The first-order valence-electron chi connectivity index (χ1n) is 14.3. The molecule has 2 aliphatic heterocycles. The maximum atomic E-state index is 13.1.